The summed E-state index contributed by atoms with van der Waals surface area (Å²) < 4.78 is 1.84. The average molecular weight is 294 g/mol. The second-order valence-electron chi connectivity index (χ2n) is 5.77. The lowest BCUT2D eigenvalue weighted by Gasteiger charge is -2.10. The fraction of sp³-hybridized carbons (Fsp3) is 0.222. The maximum atomic E-state index is 11.6. The van der Waals surface area contributed by atoms with Gasteiger partial charge >= 0.3 is 5.97 Å². The molecule has 0 aliphatic heterocycles. The molecule has 0 saturated heterocycles. The SMILES string of the molecule is Cc1ccnc(Cn2c(C(=O)O)cc3cc(C)cc(C)c32)c1. The highest BCUT2D eigenvalue weighted by Crippen LogP contribution is 2.26. The third-order valence-electron chi connectivity index (χ3n) is 3.84. The van der Waals surface area contributed by atoms with E-state index in [0.717, 1.165) is 33.3 Å². The van der Waals surface area contributed by atoms with Crippen molar-refractivity contribution in [3.63, 3.8) is 0 Å². The molecule has 3 rings (SSSR count). The van der Waals surface area contributed by atoms with E-state index in [1.54, 1.807) is 12.3 Å². The van der Waals surface area contributed by atoms with Gasteiger partial charge in [-0.2, -0.15) is 0 Å². The molecule has 1 aromatic carbocycles. The number of carboxylic acid groups (broad SMARTS) is 1. The van der Waals surface area contributed by atoms with Crippen LogP contribution in [0.2, 0.25) is 0 Å². The van der Waals surface area contributed by atoms with Gasteiger partial charge in [-0.25, -0.2) is 4.79 Å². The van der Waals surface area contributed by atoms with Gasteiger partial charge in [-0.1, -0.05) is 11.6 Å². The van der Waals surface area contributed by atoms with Crippen molar-refractivity contribution >= 4 is 16.9 Å². The Hall–Kier alpha value is -2.62. The Balaban J connectivity index is 2.22. The van der Waals surface area contributed by atoms with E-state index in [-0.39, 0.29) is 0 Å². The van der Waals surface area contributed by atoms with Crippen LogP contribution in [-0.4, -0.2) is 20.6 Å². The molecule has 0 amide bonds. The maximum absolute atomic E-state index is 11.6. The maximum Gasteiger partial charge on any atom is 0.352 e. The molecule has 4 heteroatoms. The Morgan fingerprint density at radius 1 is 1.14 bits per heavy atom. The van der Waals surface area contributed by atoms with E-state index in [2.05, 4.69) is 11.1 Å². The summed E-state index contributed by atoms with van der Waals surface area (Å²) in [5.41, 5.74) is 5.45. The predicted molar refractivity (Wildman–Crippen MR) is 86.4 cm³/mol. The molecule has 3 aromatic rings. The van der Waals surface area contributed by atoms with Crippen LogP contribution in [-0.2, 0) is 6.54 Å². The number of pyridine rings is 1. The number of fused-ring (bicyclic) bond motifs is 1. The van der Waals surface area contributed by atoms with Gasteiger partial charge in [0.05, 0.1) is 17.8 Å². The lowest BCUT2D eigenvalue weighted by atomic mass is 10.1. The zero-order valence-electron chi connectivity index (χ0n) is 12.9. The lowest BCUT2D eigenvalue weighted by molar-refractivity contribution is 0.0686. The summed E-state index contributed by atoms with van der Waals surface area (Å²) in [6.07, 6.45) is 1.76. The number of nitrogens with zero attached hydrogens (tertiary/aromatic N) is 2. The first-order valence-electron chi connectivity index (χ1n) is 7.21. The molecule has 0 atom stereocenters. The van der Waals surface area contributed by atoms with Crippen LogP contribution in [0, 0.1) is 20.8 Å². The molecule has 0 fully saturated rings. The van der Waals surface area contributed by atoms with Gasteiger partial charge in [0.25, 0.3) is 0 Å². The first-order valence-corrected chi connectivity index (χ1v) is 7.21. The summed E-state index contributed by atoms with van der Waals surface area (Å²) in [5, 5.41) is 10.5. The Bertz CT molecular complexity index is 878. The Morgan fingerprint density at radius 2 is 1.91 bits per heavy atom. The topological polar surface area (TPSA) is 55.1 Å². The Labute approximate surface area is 129 Å². The predicted octanol–water partition coefficient (Wildman–Crippen LogP) is 3.71. The van der Waals surface area contributed by atoms with E-state index in [9.17, 15) is 9.90 Å². The summed E-state index contributed by atoms with van der Waals surface area (Å²) in [7, 11) is 0. The van der Waals surface area contributed by atoms with Gasteiger partial charge in [0.1, 0.15) is 5.69 Å². The van der Waals surface area contributed by atoms with Gasteiger partial charge in [0, 0.05) is 11.6 Å². The van der Waals surface area contributed by atoms with Crippen molar-refractivity contribution in [2.75, 3.05) is 0 Å². The Morgan fingerprint density at radius 3 is 2.59 bits per heavy atom. The first kappa shape index (κ1) is 14.3. The zero-order chi connectivity index (χ0) is 15.9. The van der Waals surface area contributed by atoms with Gasteiger partial charge in [0.2, 0.25) is 0 Å². The summed E-state index contributed by atoms with van der Waals surface area (Å²) >= 11 is 0. The molecule has 0 spiro atoms. The van der Waals surface area contributed by atoms with E-state index >= 15 is 0 Å². The molecular formula is C18H18N2O2. The van der Waals surface area contributed by atoms with Crippen LogP contribution in [0.5, 0.6) is 0 Å². The van der Waals surface area contributed by atoms with E-state index in [1.807, 2.05) is 43.5 Å². The van der Waals surface area contributed by atoms with Crippen molar-refractivity contribution in [3.8, 4) is 0 Å². The van der Waals surface area contributed by atoms with Crippen LogP contribution in [0.1, 0.15) is 32.9 Å². The van der Waals surface area contributed by atoms with Crippen molar-refractivity contribution < 1.29 is 9.90 Å². The third kappa shape index (κ3) is 2.48. The van der Waals surface area contributed by atoms with Crippen LogP contribution >= 0.6 is 0 Å². The summed E-state index contributed by atoms with van der Waals surface area (Å²) in [6.45, 7) is 6.50. The molecule has 0 aliphatic carbocycles. The number of hydrogen-bond acceptors (Lipinski definition) is 2. The average Bonchev–Trinajstić information content (AvgIpc) is 2.77. The largest absolute Gasteiger partial charge is 0.477 e. The van der Waals surface area contributed by atoms with Crippen molar-refractivity contribution in [1.29, 1.82) is 0 Å². The number of rotatable bonds is 3. The highest BCUT2D eigenvalue weighted by Gasteiger charge is 2.17. The summed E-state index contributed by atoms with van der Waals surface area (Å²) in [6, 6.07) is 9.77. The van der Waals surface area contributed by atoms with E-state index < -0.39 is 5.97 Å². The van der Waals surface area contributed by atoms with E-state index in [0.29, 0.717) is 12.2 Å². The number of benzene rings is 1. The third-order valence-corrected chi connectivity index (χ3v) is 3.84. The number of aryl methyl sites for hydroxylation is 3. The molecule has 0 bridgehead atoms. The number of carboxylic acids is 1. The lowest BCUT2D eigenvalue weighted by Crippen LogP contribution is -2.10. The molecule has 1 N–H and O–H groups in total. The summed E-state index contributed by atoms with van der Waals surface area (Å²) in [4.78, 5) is 16.0. The second-order valence-corrected chi connectivity index (χ2v) is 5.77. The molecule has 0 saturated carbocycles. The smallest absolute Gasteiger partial charge is 0.352 e. The first-order chi connectivity index (χ1) is 10.5. The van der Waals surface area contributed by atoms with E-state index in [4.69, 9.17) is 0 Å². The zero-order valence-corrected chi connectivity index (χ0v) is 12.9. The molecule has 0 radical (unpaired) electrons. The molecule has 0 aliphatic rings. The monoisotopic (exact) mass is 294 g/mol. The molecule has 2 aromatic heterocycles. The fourth-order valence-corrected chi connectivity index (χ4v) is 3.01. The quantitative estimate of drug-likeness (QED) is 0.801. The van der Waals surface area contributed by atoms with Gasteiger partial charge in [-0.05, 0) is 56.2 Å². The number of carbonyl (C=O) groups is 1. The van der Waals surface area contributed by atoms with Gasteiger partial charge in [0.15, 0.2) is 0 Å². The van der Waals surface area contributed by atoms with Gasteiger partial charge in [-0.3, -0.25) is 4.98 Å². The van der Waals surface area contributed by atoms with E-state index in [1.165, 1.54) is 0 Å². The van der Waals surface area contributed by atoms with Crippen molar-refractivity contribution in [2.45, 2.75) is 27.3 Å². The molecule has 0 unspecified atom stereocenters. The highest BCUT2D eigenvalue weighted by atomic mass is 16.4. The standard InChI is InChI=1S/C18H18N2O2/c1-11-4-5-19-15(8-11)10-20-16(18(21)22)9-14-7-12(2)6-13(3)17(14)20/h4-9H,10H2,1-3H3,(H,21,22). The molecular weight excluding hydrogens is 276 g/mol. The second kappa shape index (κ2) is 5.30. The Kier molecular flexibility index (Phi) is 3.45. The fourth-order valence-electron chi connectivity index (χ4n) is 3.01. The van der Waals surface area contributed by atoms with Crippen LogP contribution in [0.3, 0.4) is 0 Å². The number of hydrogen-bond donors (Lipinski definition) is 1. The van der Waals surface area contributed by atoms with Crippen LogP contribution in [0.15, 0.2) is 36.5 Å². The van der Waals surface area contributed by atoms with Crippen molar-refractivity contribution in [1.82, 2.24) is 9.55 Å². The molecule has 112 valence electrons. The minimum atomic E-state index is -0.916. The molecule has 22 heavy (non-hydrogen) atoms. The van der Waals surface area contributed by atoms with Crippen molar-refractivity contribution in [2.24, 2.45) is 0 Å². The van der Waals surface area contributed by atoms with Gasteiger partial charge in [-0.15, -0.1) is 0 Å². The molecule has 2 heterocycles. The van der Waals surface area contributed by atoms with Crippen molar-refractivity contribution in [3.05, 3.63) is 64.6 Å². The van der Waals surface area contributed by atoms with Crippen LogP contribution in [0.25, 0.3) is 10.9 Å². The number of aromatic nitrogens is 2. The molecule has 4 nitrogen and oxygen atoms in total. The minimum Gasteiger partial charge on any atom is -0.477 e. The summed E-state index contributed by atoms with van der Waals surface area (Å²) in [5.74, 6) is -0.916. The highest BCUT2D eigenvalue weighted by molar-refractivity contribution is 5.96. The van der Waals surface area contributed by atoms with Crippen LogP contribution in [0.4, 0.5) is 0 Å². The minimum absolute atomic E-state index is 0.298. The number of aromatic carboxylic acids is 1. The van der Waals surface area contributed by atoms with Gasteiger partial charge < -0.3 is 9.67 Å². The normalized spacial score (nSPS) is 11.0. The van der Waals surface area contributed by atoms with Crippen LogP contribution < -0.4 is 0 Å².